The number of nitrogens with one attached hydrogen (secondary N) is 2. The van der Waals surface area contributed by atoms with Crippen molar-refractivity contribution in [2.24, 2.45) is 5.41 Å². The first-order valence-electron chi connectivity index (χ1n) is 12.7. The molecule has 196 valence electrons. The number of anilines is 1. The maximum absolute atomic E-state index is 12.0. The molecule has 36 heavy (non-hydrogen) atoms. The fraction of sp³-hybridized carbons (Fsp3) is 0.615. The van der Waals surface area contributed by atoms with Gasteiger partial charge in [-0.1, -0.05) is 30.3 Å². The Labute approximate surface area is 223 Å². The molecule has 0 bridgehead atoms. The van der Waals surface area contributed by atoms with Crippen LogP contribution in [0.3, 0.4) is 0 Å². The molecule has 2 fully saturated rings. The number of aromatic nitrogens is 3. The first-order valence-corrected chi connectivity index (χ1v) is 13.9. The quantitative estimate of drug-likeness (QED) is 0.519. The summed E-state index contributed by atoms with van der Waals surface area (Å²) in [6, 6.07) is 1.95. The van der Waals surface area contributed by atoms with E-state index in [1.54, 1.807) is 0 Å². The zero-order valence-corrected chi connectivity index (χ0v) is 23.2. The number of hydrogen-bond donors (Lipinski definition) is 2. The summed E-state index contributed by atoms with van der Waals surface area (Å²) in [5.74, 6) is 1.27. The summed E-state index contributed by atoms with van der Waals surface area (Å²) >= 11 is 8.28. The highest BCUT2D eigenvalue weighted by Gasteiger charge is 2.32. The van der Waals surface area contributed by atoms with Gasteiger partial charge in [-0.2, -0.15) is 0 Å². The van der Waals surface area contributed by atoms with Crippen LogP contribution in [0.25, 0.3) is 0 Å². The van der Waals surface area contributed by atoms with E-state index in [9.17, 15) is 4.79 Å². The Morgan fingerprint density at radius 1 is 1.22 bits per heavy atom. The molecule has 10 heteroatoms. The van der Waals surface area contributed by atoms with Gasteiger partial charge in [0.05, 0.1) is 23.1 Å². The molecular formula is C26H37ClN6O2S. The molecule has 4 rings (SSSR count). The van der Waals surface area contributed by atoms with Crippen LogP contribution < -0.4 is 15.5 Å². The number of halogens is 1. The Balaban J connectivity index is 1.31. The maximum Gasteiger partial charge on any atom is 0.407 e. The smallest absolute Gasteiger partial charge is 0.407 e. The van der Waals surface area contributed by atoms with Crippen LogP contribution in [-0.4, -0.2) is 59.4 Å². The summed E-state index contributed by atoms with van der Waals surface area (Å²) in [7, 11) is 0. The van der Waals surface area contributed by atoms with E-state index in [1.165, 1.54) is 11.8 Å². The third-order valence-electron chi connectivity index (χ3n) is 6.79. The van der Waals surface area contributed by atoms with E-state index in [0.29, 0.717) is 12.5 Å². The van der Waals surface area contributed by atoms with Gasteiger partial charge in [-0.25, -0.2) is 14.8 Å². The van der Waals surface area contributed by atoms with Crippen molar-refractivity contribution in [3.8, 4) is 0 Å². The minimum Gasteiger partial charge on any atom is -0.444 e. The van der Waals surface area contributed by atoms with Crippen molar-refractivity contribution in [2.75, 3.05) is 37.6 Å². The lowest BCUT2D eigenvalue weighted by molar-refractivity contribution is 0.0495. The van der Waals surface area contributed by atoms with Crippen LogP contribution in [-0.2, 0) is 4.74 Å². The van der Waals surface area contributed by atoms with E-state index in [0.717, 1.165) is 78.3 Å². The van der Waals surface area contributed by atoms with Crippen molar-refractivity contribution in [3.05, 3.63) is 35.4 Å². The molecule has 0 saturated carbocycles. The second kappa shape index (κ2) is 11.5. The minimum atomic E-state index is -0.490. The standard InChI is InChI=1S/C26H37ClN6O2S/c1-25(2,3)35-24(34)32-17-26(4)8-13-33(14-9-26)20-15-31-21(16-30-20)36-19-7-12-29-23(22(19)27)18-5-10-28-11-6-18/h7,12,15-16,18,28H,5-6,8-11,13-14,17H2,1-4H3,(H,32,34). The van der Waals surface area contributed by atoms with E-state index < -0.39 is 5.60 Å². The average Bonchev–Trinajstić information content (AvgIpc) is 2.85. The van der Waals surface area contributed by atoms with Crippen LogP contribution in [0.4, 0.5) is 10.6 Å². The second-order valence-electron chi connectivity index (χ2n) is 11.0. The Morgan fingerprint density at radius 3 is 2.58 bits per heavy atom. The lowest BCUT2D eigenvalue weighted by Crippen LogP contribution is -2.45. The number of alkyl carbamates (subject to hydrolysis) is 1. The van der Waals surface area contributed by atoms with E-state index in [2.05, 4.69) is 37.4 Å². The molecule has 2 aromatic heterocycles. The zero-order valence-electron chi connectivity index (χ0n) is 21.6. The zero-order chi connectivity index (χ0) is 25.8. The fourth-order valence-electron chi connectivity index (χ4n) is 4.59. The number of amides is 1. The third kappa shape index (κ3) is 7.23. The average molecular weight is 533 g/mol. The van der Waals surface area contributed by atoms with Crippen LogP contribution >= 0.6 is 23.4 Å². The maximum atomic E-state index is 12.0. The summed E-state index contributed by atoms with van der Waals surface area (Å²) in [6.45, 7) is 12.2. The van der Waals surface area contributed by atoms with Gasteiger partial charge in [0.1, 0.15) is 16.4 Å². The van der Waals surface area contributed by atoms with Crippen LogP contribution in [0.5, 0.6) is 0 Å². The van der Waals surface area contributed by atoms with Gasteiger partial charge < -0.3 is 20.3 Å². The normalized spacial score (nSPS) is 18.6. The number of rotatable bonds is 6. The molecule has 2 aromatic rings. The Morgan fingerprint density at radius 2 is 1.94 bits per heavy atom. The Bertz CT molecular complexity index is 1030. The van der Waals surface area contributed by atoms with Gasteiger partial charge in [0.15, 0.2) is 0 Å². The lowest BCUT2D eigenvalue weighted by Gasteiger charge is -2.40. The lowest BCUT2D eigenvalue weighted by atomic mass is 9.80. The minimum absolute atomic E-state index is 0.0286. The number of carbonyl (C=O) groups excluding carboxylic acids is 1. The van der Waals surface area contributed by atoms with Crippen LogP contribution in [0.15, 0.2) is 34.6 Å². The number of nitrogens with zero attached hydrogens (tertiary/aromatic N) is 4. The monoisotopic (exact) mass is 532 g/mol. The Kier molecular flexibility index (Phi) is 8.63. The number of hydrogen-bond acceptors (Lipinski definition) is 8. The Hall–Kier alpha value is -2.10. The molecule has 2 aliphatic rings. The summed E-state index contributed by atoms with van der Waals surface area (Å²) in [5.41, 5.74) is 0.529. The highest BCUT2D eigenvalue weighted by molar-refractivity contribution is 7.99. The van der Waals surface area contributed by atoms with Crippen molar-refractivity contribution in [1.29, 1.82) is 0 Å². The molecular weight excluding hydrogens is 496 g/mol. The van der Waals surface area contributed by atoms with Crippen molar-refractivity contribution < 1.29 is 9.53 Å². The van der Waals surface area contributed by atoms with Gasteiger partial charge in [-0.05, 0) is 71.0 Å². The highest BCUT2D eigenvalue weighted by Crippen LogP contribution is 2.38. The number of pyridine rings is 1. The van der Waals surface area contributed by atoms with E-state index in [1.807, 2.05) is 45.4 Å². The molecule has 0 atom stereocenters. The third-order valence-corrected chi connectivity index (χ3v) is 8.28. The highest BCUT2D eigenvalue weighted by atomic mass is 35.5. The summed E-state index contributed by atoms with van der Waals surface area (Å²) in [4.78, 5) is 29.2. The molecule has 4 heterocycles. The SMILES string of the molecule is CC1(CNC(=O)OC(C)(C)C)CCN(c2cnc(Sc3ccnc(C4CCNCC4)c3Cl)cn2)CC1. The summed E-state index contributed by atoms with van der Waals surface area (Å²) in [5, 5.41) is 7.87. The van der Waals surface area contributed by atoms with Gasteiger partial charge in [0, 0.05) is 36.6 Å². The van der Waals surface area contributed by atoms with Crippen molar-refractivity contribution in [2.45, 2.75) is 74.8 Å². The number of piperidine rings is 2. The second-order valence-corrected chi connectivity index (χ2v) is 12.4. The summed E-state index contributed by atoms with van der Waals surface area (Å²) < 4.78 is 5.37. The van der Waals surface area contributed by atoms with E-state index in [-0.39, 0.29) is 11.5 Å². The molecule has 0 spiro atoms. The molecule has 0 unspecified atom stereocenters. The number of carbonyl (C=O) groups is 1. The molecule has 0 radical (unpaired) electrons. The molecule has 8 nitrogen and oxygen atoms in total. The van der Waals surface area contributed by atoms with Crippen molar-refractivity contribution in [3.63, 3.8) is 0 Å². The predicted molar refractivity (Wildman–Crippen MR) is 144 cm³/mol. The van der Waals surface area contributed by atoms with Crippen molar-refractivity contribution in [1.82, 2.24) is 25.6 Å². The molecule has 0 aromatic carbocycles. The van der Waals surface area contributed by atoms with Gasteiger partial charge in [0.25, 0.3) is 0 Å². The van der Waals surface area contributed by atoms with Gasteiger partial charge in [0.2, 0.25) is 0 Å². The summed E-state index contributed by atoms with van der Waals surface area (Å²) in [6.07, 6.45) is 9.16. The molecule has 2 N–H and O–H groups in total. The molecule has 1 amide bonds. The largest absolute Gasteiger partial charge is 0.444 e. The fourth-order valence-corrected chi connectivity index (χ4v) is 5.73. The van der Waals surface area contributed by atoms with Crippen molar-refractivity contribution >= 4 is 35.3 Å². The molecule has 2 aliphatic heterocycles. The molecule has 0 aliphatic carbocycles. The van der Waals surface area contributed by atoms with Crippen LogP contribution in [0.1, 0.15) is 65.0 Å². The van der Waals surface area contributed by atoms with Crippen LogP contribution in [0, 0.1) is 5.41 Å². The van der Waals surface area contributed by atoms with E-state index in [4.69, 9.17) is 16.3 Å². The first-order chi connectivity index (χ1) is 17.1. The van der Waals surface area contributed by atoms with Gasteiger partial charge in [-0.3, -0.25) is 4.98 Å². The first kappa shape index (κ1) is 26.9. The van der Waals surface area contributed by atoms with Gasteiger partial charge in [-0.15, -0.1) is 0 Å². The van der Waals surface area contributed by atoms with Crippen LogP contribution in [0.2, 0.25) is 5.02 Å². The van der Waals surface area contributed by atoms with Gasteiger partial charge >= 0.3 is 6.09 Å². The van der Waals surface area contributed by atoms with E-state index >= 15 is 0 Å². The predicted octanol–water partition coefficient (Wildman–Crippen LogP) is 5.27. The molecule has 2 saturated heterocycles. The topological polar surface area (TPSA) is 92.3 Å². The number of ether oxygens (including phenoxy) is 1.